The number of ether oxygens (including phenoxy) is 1. The number of para-hydroxylation sites is 1. The van der Waals surface area contributed by atoms with Crippen LogP contribution < -0.4 is 5.32 Å². The van der Waals surface area contributed by atoms with Gasteiger partial charge in [-0.15, -0.1) is 22.7 Å². The molecule has 0 saturated heterocycles. The normalized spacial score (nSPS) is 15.5. The summed E-state index contributed by atoms with van der Waals surface area (Å²) in [5.74, 6) is 0.266. The summed E-state index contributed by atoms with van der Waals surface area (Å²) in [5.41, 5.74) is 3.78. The lowest BCUT2D eigenvalue weighted by Crippen LogP contribution is -2.15. The van der Waals surface area contributed by atoms with Gasteiger partial charge in [-0.3, -0.25) is 4.79 Å². The van der Waals surface area contributed by atoms with E-state index in [2.05, 4.69) is 17.2 Å². The molecular weight excluding hydrogens is 416 g/mol. The molecule has 1 amide bonds. The Bertz CT molecular complexity index is 1070. The SMILES string of the molecule is Cc1ccccc1NC(=O)Cc1nc(COC(=O)c2cc3c(s2)CCC(C)C3)cs1. The van der Waals surface area contributed by atoms with Gasteiger partial charge in [-0.25, -0.2) is 9.78 Å². The predicted molar refractivity (Wildman–Crippen MR) is 120 cm³/mol. The van der Waals surface area contributed by atoms with E-state index < -0.39 is 0 Å². The van der Waals surface area contributed by atoms with E-state index in [0.717, 1.165) is 24.1 Å². The first kappa shape index (κ1) is 20.8. The van der Waals surface area contributed by atoms with Crippen LogP contribution in [0.5, 0.6) is 0 Å². The Kier molecular flexibility index (Phi) is 6.29. The molecule has 3 aromatic rings. The summed E-state index contributed by atoms with van der Waals surface area (Å²) in [5, 5.41) is 5.45. The highest BCUT2D eigenvalue weighted by Crippen LogP contribution is 2.32. The van der Waals surface area contributed by atoms with Crippen LogP contribution in [-0.4, -0.2) is 16.9 Å². The maximum atomic E-state index is 12.4. The van der Waals surface area contributed by atoms with Crippen molar-refractivity contribution in [2.24, 2.45) is 5.92 Å². The number of carbonyl (C=O) groups excluding carboxylic acids is 2. The fourth-order valence-corrected chi connectivity index (χ4v) is 5.44. The quantitative estimate of drug-likeness (QED) is 0.537. The molecule has 2 aromatic heterocycles. The van der Waals surface area contributed by atoms with Crippen LogP contribution >= 0.6 is 22.7 Å². The van der Waals surface area contributed by atoms with Crippen molar-refractivity contribution in [3.05, 3.63) is 67.3 Å². The van der Waals surface area contributed by atoms with Crippen LogP contribution in [0.3, 0.4) is 0 Å². The maximum Gasteiger partial charge on any atom is 0.348 e. The van der Waals surface area contributed by atoms with Gasteiger partial charge in [0.25, 0.3) is 0 Å². The lowest BCUT2D eigenvalue weighted by molar-refractivity contribution is -0.115. The molecule has 1 aliphatic carbocycles. The highest BCUT2D eigenvalue weighted by atomic mass is 32.1. The molecule has 0 bridgehead atoms. The van der Waals surface area contributed by atoms with Crippen LogP contribution in [0.1, 0.15) is 49.7 Å². The smallest absolute Gasteiger partial charge is 0.348 e. The molecule has 1 N–H and O–H groups in total. The van der Waals surface area contributed by atoms with Crippen molar-refractivity contribution in [1.82, 2.24) is 4.98 Å². The Morgan fingerprint density at radius 2 is 2.13 bits per heavy atom. The summed E-state index contributed by atoms with van der Waals surface area (Å²) in [6, 6.07) is 9.65. The molecule has 0 saturated carbocycles. The predicted octanol–water partition coefficient (Wildman–Crippen LogP) is 5.18. The molecule has 1 atom stereocenters. The van der Waals surface area contributed by atoms with Crippen molar-refractivity contribution in [1.29, 1.82) is 0 Å². The molecule has 0 fully saturated rings. The Hall–Kier alpha value is -2.51. The zero-order valence-electron chi connectivity index (χ0n) is 17.1. The molecule has 0 radical (unpaired) electrons. The molecule has 1 aromatic carbocycles. The van der Waals surface area contributed by atoms with Crippen LogP contribution in [0.2, 0.25) is 0 Å². The van der Waals surface area contributed by atoms with Gasteiger partial charge < -0.3 is 10.1 Å². The molecule has 2 heterocycles. The van der Waals surface area contributed by atoms with Crippen molar-refractivity contribution in [3.8, 4) is 0 Å². The summed E-state index contributed by atoms with van der Waals surface area (Å²) >= 11 is 2.95. The Balaban J connectivity index is 1.30. The van der Waals surface area contributed by atoms with E-state index in [1.807, 2.05) is 42.6 Å². The van der Waals surface area contributed by atoms with Gasteiger partial charge in [-0.2, -0.15) is 0 Å². The molecule has 0 spiro atoms. The fourth-order valence-electron chi connectivity index (χ4n) is 3.56. The number of hydrogen-bond donors (Lipinski definition) is 1. The van der Waals surface area contributed by atoms with E-state index in [1.165, 1.54) is 28.2 Å². The number of aryl methyl sites for hydroxylation is 2. The maximum absolute atomic E-state index is 12.4. The number of rotatable bonds is 6. The first-order valence-electron chi connectivity index (χ1n) is 10.1. The topological polar surface area (TPSA) is 68.3 Å². The van der Waals surface area contributed by atoms with Gasteiger partial charge in [0.15, 0.2) is 0 Å². The number of aromatic nitrogens is 1. The van der Waals surface area contributed by atoms with Crippen molar-refractivity contribution in [2.45, 2.75) is 46.1 Å². The number of nitrogens with zero attached hydrogens (tertiary/aromatic N) is 1. The third-order valence-electron chi connectivity index (χ3n) is 5.21. The Labute approximate surface area is 184 Å². The van der Waals surface area contributed by atoms with Gasteiger partial charge >= 0.3 is 5.97 Å². The van der Waals surface area contributed by atoms with Crippen molar-refractivity contribution < 1.29 is 14.3 Å². The molecule has 4 rings (SSSR count). The van der Waals surface area contributed by atoms with Crippen molar-refractivity contribution >= 4 is 40.2 Å². The Morgan fingerprint density at radius 3 is 2.97 bits per heavy atom. The second-order valence-electron chi connectivity index (χ2n) is 7.76. The molecule has 1 unspecified atom stereocenters. The lowest BCUT2D eigenvalue weighted by atomic mass is 9.90. The minimum absolute atomic E-state index is 0.111. The number of benzene rings is 1. The van der Waals surface area contributed by atoms with E-state index in [0.29, 0.717) is 21.5 Å². The summed E-state index contributed by atoms with van der Waals surface area (Å²) in [6.45, 7) is 4.32. The van der Waals surface area contributed by atoms with Gasteiger partial charge in [-0.1, -0.05) is 25.1 Å². The summed E-state index contributed by atoms with van der Waals surface area (Å²) in [7, 11) is 0. The summed E-state index contributed by atoms with van der Waals surface area (Å²) < 4.78 is 5.46. The van der Waals surface area contributed by atoms with E-state index in [9.17, 15) is 9.59 Å². The third-order valence-corrected chi connectivity index (χ3v) is 7.33. The highest BCUT2D eigenvalue weighted by Gasteiger charge is 2.21. The number of fused-ring (bicyclic) bond motifs is 1. The number of esters is 1. The molecule has 7 heteroatoms. The zero-order chi connectivity index (χ0) is 21.1. The van der Waals surface area contributed by atoms with Gasteiger partial charge in [0.05, 0.1) is 12.1 Å². The zero-order valence-corrected chi connectivity index (χ0v) is 18.7. The first-order chi connectivity index (χ1) is 14.5. The monoisotopic (exact) mass is 440 g/mol. The standard InChI is InChI=1S/C23H24N2O3S2/c1-14-7-8-19-16(9-14)10-20(30-19)23(27)28-12-17-13-29-22(24-17)11-21(26)25-18-6-4-3-5-15(18)2/h3-6,10,13-14H,7-9,11-12H2,1-2H3,(H,25,26). The molecule has 30 heavy (non-hydrogen) atoms. The molecule has 156 valence electrons. The van der Waals surface area contributed by atoms with Crippen LogP contribution in [0.25, 0.3) is 0 Å². The number of hydrogen-bond acceptors (Lipinski definition) is 6. The second kappa shape index (κ2) is 9.10. The van der Waals surface area contributed by atoms with E-state index >= 15 is 0 Å². The minimum atomic E-state index is -0.297. The van der Waals surface area contributed by atoms with E-state index in [-0.39, 0.29) is 24.9 Å². The molecule has 0 aliphatic heterocycles. The number of anilines is 1. The first-order valence-corrected chi connectivity index (χ1v) is 11.7. The summed E-state index contributed by atoms with van der Waals surface area (Å²) in [6.07, 6.45) is 3.47. The third kappa shape index (κ3) is 4.96. The van der Waals surface area contributed by atoms with Crippen molar-refractivity contribution in [3.63, 3.8) is 0 Å². The second-order valence-corrected chi connectivity index (χ2v) is 9.84. The van der Waals surface area contributed by atoms with Gasteiger partial charge in [0.1, 0.15) is 16.5 Å². The minimum Gasteiger partial charge on any atom is -0.455 e. The van der Waals surface area contributed by atoms with E-state index in [1.54, 1.807) is 11.3 Å². The summed E-state index contributed by atoms with van der Waals surface area (Å²) in [4.78, 5) is 31.1. The van der Waals surface area contributed by atoms with E-state index in [4.69, 9.17) is 4.74 Å². The van der Waals surface area contributed by atoms with Crippen LogP contribution in [0.15, 0.2) is 35.7 Å². The van der Waals surface area contributed by atoms with Gasteiger partial charge in [-0.05, 0) is 55.4 Å². The molecular formula is C23H24N2O3S2. The molecule has 1 aliphatic rings. The number of amides is 1. The molecule has 5 nitrogen and oxygen atoms in total. The number of carbonyl (C=O) groups is 2. The number of thiazole rings is 1. The number of nitrogens with one attached hydrogen (secondary N) is 1. The van der Waals surface area contributed by atoms with Crippen LogP contribution in [0, 0.1) is 12.8 Å². The van der Waals surface area contributed by atoms with Crippen LogP contribution in [0.4, 0.5) is 5.69 Å². The van der Waals surface area contributed by atoms with Gasteiger partial charge in [0.2, 0.25) is 5.91 Å². The lowest BCUT2D eigenvalue weighted by Gasteiger charge is -2.16. The largest absolute Gasteiger partial charge is 0.455 e. The number of thiophene rings is 1. The average Bonchev–Trinajstić information content (AvgIpc) is 3.34. The average molecular weight is 441 g/mol. The van der Waals surface area contributed by atoms with Crippen molar-refractivity contribution in [2.75, 3.05) is 5.32 Å². The van der Waals surface area contributed by atoms with Crippen LogP contribution in [-0.2, 0) is 35.4 Å². The Morgan fingerprint density at radius 1 is 1.30 bits per heavy atom. The fraction of sp³-hybridized carbons (Fsp3) is 0.348. The van der Waals surface area contributed by atoms with Gasteiger partial charge in [0, 0.05) is 15.9 Å². The highest BCUT2D eigenvalue weighted by molar-refractivity contribution is 7.14.